The fourth-order valence-electron chi connectivity index (χ4n) is 3.98. The standard InChI is InChI=1S/C17H26N2O2/c1-20-14-6-7-17(21-2)13(8-14)10-19-9-12-4-3-5-16(18)15(12)11-19/h6-8,12,15-16H,3-5,9-11,18H2,1-2H3. The fourth-order valence-corrected chi connectivity index (χ4v) is 3.98. The van der Waals surface area contributed by atoms with Crippen molar-refractivity contribution in [2.45, 2.75) is 31.8 Å². The first-order chi connectivity index (χ1) is 10.2. The number of fused-ring (bicyclic) bond motifs is 1. The van der Waals surface area contributed by atoms with E-state index in [0.717, 1.165) is 30.5 Å². The molecule has 3 unspecified atom stereocenters. The van der Waals surface area contributed by atoms with Crippen molar-refractivity contribution in [1.29, 1.82) is 0 Å². The maximum absolute atomic E-state index is 6.31. The summed E-state index contributed by atoms with van der Waals surface area (Å²) in [5.74, 6) is 3.29. The largest absolute Gasteiger partial charge is 0.497 e. The molecule has 0 bridgehead atoms. The minimum atomic E-state index is 0.390. The van der Waals surface area contributed by atoms with E-state index < -0.39 is 0 Å². The molecule has 0 amide bonds. The number of benzene rings is 1. The van der Waals surface area contributed by atoms with Crippen LogP contribution in [0.5, 0.6) is 11.5 Å². The molecule has 4 nitrogen and oxygen atoms in total. The Morgan fingerprint density at radius 2 is 2.05 bits per heavy atom. The maximum atomic E-state index is 6.31. The Morgan fingerprint density at radius 3 is 2.76 bits per heavy atom. The van der Waals surface area contributed by atoms with E-state index in [2.05, 4.69) is 11.0 Å². The molecular formula is C17H26N2O2. The van der Waals surface area contributed by atoms with E-state index >= 15 is 0 Å². The lowest BCUT2D eigenvalue weighted by atomic mass is 9.78. The number of ether oxygens (including phenoxy) is 2. The summed E-state index contributed by atoms with van der Waals surface area (Å²) in [5, 5.41) is 0. The lowest BCUT2D eigenvalue weighted by Crippen LogP contribution is -2.38. The monoisotopic (exact) mass is 290 g/mol. The average Bonchev–Trinajstić information content (AvgIpc) is 2.91. The summed E-state index contributed by atoms with van der Waals surface area (Å²) < 4.78 is 10.8. The SMILES string of the molecule is COc1ccc(OC)c(CN2CC3CCCC(N)C3C2)c1. The number of nitrogens with two attached hydrogens (primary N) is 1. The average molecular weight is 290 g/mol. The summed E-state index contributed by atoms with van der Waals surface area (Å²) in [6, 6.07) is 6.41. The highest BCUT2D eigenvalue weighted by molar-refractivity contribution is 5.40. The van der Waals surface area contributed by atoms with E-state index in [0.29, 0.717) is 12.0 Å². The highest BCUT2D eigenvalue weighted by Crippen LogP contribution is 2.37. The highest BCUT2D eigenvalue weighted by Gasteiger charge is 2.38. The van der Waals surface area contributed by atoms with Crippen LogP contribution in [0, 0.1) is 11.8 Å². The lowest BCUT2D eigenvalue weighted by molar-refractivity contribution is 0.259. The van der Waals surface area contributed by atoms with Crippen LogP contribution in [0.25, 0.3) is 0 Å². The summed E-state index contributed by atoms with van der Waals surface area (Å²) >= 11 is 0. The van der Waals surface area contributed by atoms with Gasteiger partial charge in [-0.2, -0.15) is 0 Å². The molecule has 116 valence electrons. The summed E-state index contributed by atoms with van der Waals surface area (Å²) in [6.07, 6.45) is 3.82. The first-order valence-electron chi connectivity index (χ1n) is 7.90. The van der Waals surface area contributed by atoms with Crippen molar-refractivity contribution < 1.29 is 9.47 Å². The third-order valence-electron chi connectivity index (χ3n) is 5.11. The second-order valence-electron chi connectivity index (χ2n) is 6.39. The molecule has 1 aliphatic carbocycles. The van der Waals surface area contributed by atoms with Crippen LogP contribution in [0.4, 0.5) is 0 Å². The number of hydrogen-bond acceptors (Lipinski definition) is 4. The predicted molar refractivity (Wildman–Crippen MR) is 83.6 cm³/mol. The van der Waals surface area contributed by atoms with Crippen molar-refractivity contribution in [1.82, 2.24) is 4.90 Å². The Labute approximate surface area is 127 Å². The van der Waals surface area contributed by atoms with Gasteiger partial charge < -0.3 is 15.2 Å². The van der Waals surface area contributed by atoms with E-state index in [1.807, 2.05) is 12.1 Å². The number of rotatable bonds is 4. The Balaban J connectivity index is 1.72. The van der Waals surface area contributed by atoms with Gasteiger partial charge in [0, 0.05) is 31.2 Å². The van der Waals surface area contributed by atoms with E-state index in [-0.39, 0.29) is 0 Å². The van der Waals surface area contributed by atoms with Gasteiger partial charge in [0.2, 0.25) is 0 Å². The van der Waals surface area contributed by atoms with Crippen molar-refractivity contribution in [3.8, 4) is 11.5 Å². The number of hydrogen-bond donors (Lipinski definition) is 1. The molecule has 3 rings (SSSR count). The van der Waals surface area contributed by atoms with Crippen molar-refractivity contribution in [2.24, 2.45) is 17.6 Å². The van der Waals surface area contributed by atoms with Crippen molar-refractivity contribution in [2.75, 3.05) is 27.3 Å². The molecule has 1 aliphatic heterocycles. The molecule has 0 radical (unpaired) electrons. The summed E-state index contributed by atoms with van der Waals surface area (Å²) in [6.45, 7) is 3.20. The molecule has 3 atom stereocenters. The van der Waals surface area contributed by atoms with Gasteiger partial charge in [-0.1, -0.05) is 6.42 Å². The molecule has 4 heteroatoms. The van der Waals surface area contributed by atoms with E-state index in [9.17, 15) is 0 Å². The fraction of sp³-hybridized carbons (Fsp3) is 0.647. The molecule has 2 N–H and O–H groups in total. The summed E-state index contributed by atoms with van der Waals surface area (Å²) in [5.41, 5.74) is 7.50. The minimum Gasteiger partial charge on any atom is -0.497 e. The normalized spacial score (nSPS) is 29.2. The Hall–Kier alpha value is -1.26. The first kappa shape index (κ1) is 14.7. The third-order valence-corrected chi connectivity index (χ3v) is 5.11. The number of nitrogens with zero attached hydrogens (tertiary/aromatic N) is 1. The predicted octanol–water partition coefficient (Wildman–Crippen LogP) is 2.26. The van der Waals surface area contributed by atoms with Gasteiger partial charge in [-0.15, -0.1) is 0 Å². The van der Waals surface area contributed by atoms with Crippen LogP contribution in [0.15, 0.2) is 18.2 Å². The van der Waals surface area contributed by atoms with Crippen LogP contribution < -0.4 is 15.2 Å². The second-order valence-corrected chi connectivity index (χ2v) is 6.39. The van der Waals surface area contributed by atoms with Crippen LogP contribution in [0.2, 0.25) is 0 Å². The van der Waals surface area contributed by atoms with E-state index in [4.69, 9.17) is 15.2 Å². The molecule has 1 saturated heterocycles. The quantitative estimate of drug-likeness (QED) is 0.924. The van der Waals surface area contributed by atoms with Crippen LogP contribution in [-0.2, 0) is 6.54 Å². The van der Waals surface area contributed by atoms with Gasteiger partial charge in [0.15, 0.2) is 0 Å². The number of likely N-dealkylation sites (tertiary alicyclic amines) is 1. The highest BCUT2D eigenvalue weighted by atomic mass is 16.5. The zero-order valence-electron chi connectivity index (χ0n) is 13.0. The third kappa shape index (κ3) is 3.01. The molecule has 2 fully saturated rings. The molecule has 1 heterocycles. The van der Waals surface area contributed by atoms with Gasteiger partial charge in [-0.3, -0.25) is 4.90 Å². The molecular weight excluding hydrogens is 264 g/mol. The molecule has 21 heavy (non-hydrogen) atoms. The van der Waals surface area contributed by atoms with Gasteiger partial charge >= 0.3 is 0 Å². The van der Waals surface area contributed by atoms with Gasteiger partial charge in [-0.05, 0) is 42.9 Å². The summed E-state index contributed by atoms with van der Waals surface area (Å²) in [4.78, 5) is 2.53. The number of methoxy groups -OCH3 is 2. The zero-order chi connectivity index (χ0) is 14.8. The van der Waals surface area contributed by atoms with Gasteiger partial charge in [-0.25, -0.2) is 0 Å². The molecule has 0 spiro atoms. The zero-order valence-corrected chi connectivity index (χ0v) is 13.0. The van der Waals surface area contributed by atoms with Crippen LogP contribution in [0.3, 0.4) is 0 Å². The van der Waals surface area contributed by atoms with E-state index in [1.165, 1.54) is 31.4 Å². The lowest BCUT2D eigenvalue weighted by Gasteiger charge is -2.29. The Bertz CT molecular complexity index is 492. The van der Waals surface area contributed by atoms with Crippen molar-refractivity contribution >= 4 is 0 Å². The second kappa shape index (κ2) is 6.24. The van der Waals surface area contributed by atoms with E-state index in [1.54, 1.807) is 14.2 Å². The van der Waals surface area contributed by atoms with Crippen molar-refractivity contribution in [3.63, 3.8) is 0 Å². The van der Waals surface area contributed by atoms with Crippen molar-refractivity contribution in [3.05, 3.63) is 23.8 Å². The van der Waals surface area contributed by atoms with Crippen LogP contribution >= 0.6 is 0 Å². The van der Waals surface area contributed by atoms with Gasteiger partial charge in [0.25, 0.3) is 0 Å². The molecule has 2 aliphatic rings. The van der Waals surface area contributed by atoms with Crippen LogP contribution in [0.1, 0.15) is 24.8 Å². The van der Waals surface area contributed by atoms with Gasteiger partial charge in [0.1, 0.15) is 11.5 Å². The maximum Gasteiger partial charge on any atom is 0.123 e. The summed E-state index contributed by atoms with van der Waals surface area (Å²) in [7, 11) is 3.43. The topological polar surface area (TPSA) is 47.7 Å². The molecule has 1 aromatic rings. The van der Waals surface area contributed by atoms with Crippen LogP contribution in [-0.4, -0.2) is 38.3 Å². The van der Waals surface area contributed by atoms with Gasteiger partial charge in [0.05, 0.1) is 14.2 Å². The Morgan fingerprint density at radius 1 is 1.19 bits per heavy atom. The molecule has 1 aromatic carbocycles. The smallest absolute Gasteiger partial charge is 0.123 e. The molecule has 0 aromatic heterocycles. The first-order valence-corrected chi connectivity index (χ1v) is 7.90. The minimum absolute atomic E-state index is 0.390. The Kier molecular flexibility index (Phi) is 4.36. The molecule has 1 saturated carbocycles.